The van der Waals surface area contributed by atoms with Crippen LogP contribution in [0.15, 0.2) is 48.6 Å². The van der Waals surface area contributed by atoms with Crippen molar-refractivity contribution in [2.45, 2.75) is 13.0 Å². The van der Waals surface area contributed by atoms with E-state index < -0.39 is 5.97 Å². The van der Waals surface area contributed by atoms with E-state index in [4.69, 9.17) is 14.2 Å². The van der Waals surface area contributed by atoms with Gasteiger partial charge >= 0.3 is 5.97 Å². The van der Waals surface area contributed by atoms with Crippen LogP contribution in [0.25, 0.3) is 10.8 Å². The molecule has 0 aromatic heterocycles. The third-order valence-electron chi connectivity index (χ3n) is 3.20. The molecule has 21 heavy (non-hydrogen) atoms. The summed E-state index contributed by atoms with van der Waals surface area (Å²) in [6.45, 7) is 6.52. The van der Waals surface area contributed by atoms with Gasteiger partial charge in [0.25, 0.3) is 0 Å². The lowest BCUT2D eigenvalue weighted by Crippen LogP contribution is -2.08. The van der Waals surface area contributed by atoms with Crippen LogP contribution in [0.1, 0.15) is 6.92 Å². The molecule has 4 heteroatoms. The topological polar surface area (TPSA) is 48.1 Å². The Kier molecular flexibility index (Phi) is 3.62. The molecule has 1 saturated heterocycles. The molecular weight excluding hydrogens is 268 g/mol. The number of carbonyl (C=O) groups excluding carboxylic acids is 1. The van der Waals surface area contributed by atoms with Crippen molar-refractivity contribution < 1.29 is 19.0 Å². The molecule has 0 saturated carbocycles. The third-order valence-corrected chi connectivity index (χ3v) is 3.20. The van der Waals surface area contributed by atoms with Crippen molar-refractivity contribution in [2.24, 2.45) is 0 Å². The van der Waals surface area contributed by atoms with Gasteiger partial charge in [-0.05, 0) is 36.6 Å². The smallest absolute Gasteiger partial charge is 0.338 e. The molecule has 1 aliphatic rings. The van der Waals surface area contributed by atoms with E-state index in [2.05, 4.69) is 6.58 Å². The summed E-state index contributed by atoms with van der Waals surface area (Å²) in [5.74, 6) is 0.881. The van der Waals surface area contributed by atoms with Gasteiger partial charge in [0, 0.05) is 11.0 Å². The maximum atomic E-state index is 11.5. The number of esters is 1. The van der Waals surface area contributed by atoms with Gasteiger partial charge in [-0.15, -0.1) is 0 Å². The lowest BCUT2D eigenvalue weighted by Gasteiger charge is -2.10. The summed E-state index contributed by atoms with van der Waals surface area (Å²) in [4.78, 5) is 11.5. The van der Waals surface area contributed by atoms with Gasteiger partial charge in [-0.25, -0.2) is 4.79 Å². The molecule has 4 nitrogen and oxygen atoms in total. The Morgan fingerprint density at radius 1 is 1.38 bits per heavy atom. The van der Waals surface area contributed by atoms with Crippen molar-refractivity contribution in [1.82, 2.24) is 0 Å². The van der Waals surface area contributed by atoms with Crippen molar-refractivity contribution >= 4 is 16.7 Å². The van der Waals surface area contributed by atoms with Crippen LogP contribution in [-0.2, 0) is 9.53 Å². The van der Waals surface area contributed by atoms with E-state index in [1.807, 2.05) is 30.3 Å². The molecule has 1 fully saturated rings. The quantitative estimate of drug-likeness (QED) is 0.366. The van der Waals surface area contributed by atoms with Crippen molar-refractivity contribution in [3.8, 4) is 11.5 Å². The number of benzene rings is 2. The van der Waals surface area contributed by atoms with Crippen molar-refractivity contribution in [3.05, 3.63) is 48.6 Å². The van der Waals surface area contributed by atoms with E-state index in [9.17, 15) is 4.79 Å². The summed E-state index contributed by atoms with van der Waals surface area (Å²) in [6.07, 6.45) is 0.219. The zero-order valence-corrected chi connectivity index (χ0v) is 11.8. The van der Waals surface area contributed by atoms with Gasteiger partial charge in [0.2, 0.25) is 0 Å². The first-order valence-electron chi connectivity index (χ1n) is 6.78. The number of rotatable bonds is 5. The largest absolute Gasteiger partial charge is 0.490 e. The number of ether oxygens (including phenoxy) is 3. The monoisotopic (exact) mass is 284 g/mol. The Labute approximate surface area is 122 Å². The van der Waals surface area contributed by atoms with Gasteiger partial charge in [-0.1, -0.05) is 18.7 Å². The van der Waals surface area contributed by atoms with Crippen LogP contribution in [0.3, 0.4) is 0 Å². The van der Waals surface area contributed by atoms with Crippen LogP contribution < -0.4 is 9.47 Å². The van der Waals surface area contributed by atoms with Gasteiger partial charge in [0.1, 0.15) is 24.2 Å². The molecule has 108 valence electrons. The number of hydrogen-bond acceptors (Lipinski definition) is 4. The average Bonchev–Trinajstić information content (AvgIpc) is 3.28. The molecule has 0 spiro atoms. The zero-order chi connectivity index (χ0) is 14.8. The van der Waals surface area contributed by atoms with Crippen molar-refractivity contribution in [1.29, 1.82) is 0 Å². The van der Waals surface area contributed by atoms with Crippen LogP contribution in [0.4, 0.5) is 0 Å². The first-order chi connectivity index (χ1) is 10.1. The molecule has 0 radical (unpaired) electrons. The molecule has 1 atom stereocenters. The van der Waals surface area contributed by atoms with Crippen LogP contribution in [0.5, 0.6) is 11.5 Å². The Morgan fingerprint density at radius 2 is 2.19 bits per heavy atom. The van der Waals surface area contributed by atoms with Gasteiger partial charge in [-0.2, -0.15) is 0 Å². The van der Waals surface area contributed by atoms with E-state index >= 15 is 0 Å². The Hall–Kier alpha value is -2.33. The Morgan fingerprint density at radius 3 is 2.90 bits per heavy atom. The molecule has 0 aliphatic carbocycles. The average molecular weight is 284 g/mol. The van der Waals surface area contributed by atoms with E-state index in [1.54, 1.807) is 13.0 Å². The number of epoxide rings is 1. The summed E-state index contributed by atoms with van der Waals surface area (Å²) < 4.78 is 16.1. The molecular formula is C17H16O4. The maximum absolute atomic E-state index is 11.5. The second-order valence-electron chi connectivity index (χ2n) is 5.08. The minimum atomic E-state index is -0.423. The fourth-order valence-corrected chi connectivity index (χ4v) is 1.96. The van der Waals surface area contributed by atoms with Crippen LogP contribution in [0.2, 0.25) is 0 Å². The van der Waals surface area contributed by atoms with E-state index in [-0.39, 0.29) is 6.10 Å². The van der Waals surface area contributed by atoms with Crippen molar-refractivity contribution in [3.63, 3.8) is 0 Å². The summed E-state index contributed by atoms with van der Waals surface area (Å²) in [6, 6.07) is 11.2. The highest BCUT2D eigenvalue weighted by molar-refractivity contribution is 5.92. The van der Waals surface area contributed by atoms with Gasteiger partial charge in [0.05, 0.1) is 6.61 Å². The standard InChI is InChI=1S/C17H16O4/c1-11(2)17(18)21-13-6-7-15-12(8-13)4-3-5-16(15)20-10-14-9-19-14/h3-8,14H,1,9-10H2,2H3. The van der Waals surface area contributed by atoms with E-state index in [0.717, 1.165) is 23.1 Å². The highest BCUT2D eigenvalue weighted by atomic mass is 16.6. The molecule has 1 heterocycles. The summed E-state index contributed by atoms with van der Waals surface area (Å²) >= 11 is 0. The summed E-state index contributed by atoms with van der Waals surface area (Å²) in [5.41, 5.74) is 0.372. The first kappa shape index (κ1) is 13.6. The molecule has 0 bridgehead atoms. The highest BCUT2D eigenvalue weighted by Gasteiger charge is 2.23. The van der Waals surface area contributed by atoms with E-state index in [1.165, 1.54) is 0 Å². The summed E-state index contributed by atoms with van der Waals surface area (Å²) in [7, 11) is 0. The molecule has 0 N–H and O–H groups in total. The molecule has 2 aromatic rings. The van der Waals surface area contributed by atoms with Crippen molar-refractivity contribution in [2.75, 3.05) is 13.2 Å². The number of fused-ring (bicyclic) bond motifs is 1. The normalized spacial score (nSPS) is 16.5. The number of hydrogen-bond donors (Lipinski definition) is 0. The predicted molar refractivity (Wildman–Crippen MR) is 79.6 cm³/mol. The highest BCUT2D eigenvalue weighted by Crippen LogP contribution is 2.29. The Bertz CT molecular complexity index is 701. The molecule has 1 aliphatic heterocycles. The molecule has 1 unspecified atom stereocenters. The predicted octanol–water partition coefficient (Wildman–Crippen LogP) is 3.10. The van der Waals surface area contributed by atoms with Crippen LogP contribution in [0, 0.1) is 0 Å². The van der Waals surface area contributed by atoms with Crippen LogP contribution in [-0.4, -0.2) is 25.3 Å². The second-order valence-corrected chi connectivity index (χ2v) is 5.08. The maximum Gasteiger partial charge on any atom is 0.338 e. The van der Waals surface area contributed by atoms with E-state index in [0.29, 0.717) is 17.9 Å². The zero-order valence-electron chi connectivity index (χ0n) is 11.8. The SMILES string of the molecule is C=C(C)C(=O)Oc1ccc2c(OCC3CO3)cccc2c1. The minimum absolute atomic E-state index is 0.219. The lowest BCUT2D eigenvalue weighted by atomic mass is 10.1. The van der Waals surface area contributed by atoms with Gasteiger partial charge in [-0.3, -0.25) is 0 Å². The van der Waals surface area contributed by atoms with Gasteiger partial charge in [0.15, 0.2) is 0 Å². The number of carbonyl (C=O) groups is 1. The minimum Gasteiger partial charge on any atom is -0.490 e. The fourth-order valence-electron chi connectivity index (χ4n) is 1.96. The summed E-state index contributed by atoms with van der Waals surface area (Å²) in [5, 5.41) is 1.93. The third kappa shape index (κ3) is 3.23. The fraction of sp³-hybridized carbons (Fsp3) is 0.235. The first-order valence-corrected chi connectivity index (χ1v) is 6.78. The Balaban J connectivity index is 1.84. The second kappa shape index (κ2) is 5.58. The van der Waals surface area contributed by atoms with Gasteiger partial charge < -0.3 is 14.2 Å². The lowest BCUT2D eigenvalue weighted by molar-refractivity contribution is -0.130. The molecule has 0 amide bonds. The molecule has 3 rings (SSSR count). The molecule has 2 aromatic carbocycles. The van der Waals surface area contributed by atoms with Crippen LogP contribution >= 0.6 is 0 Å².